The van der Waals surface area contributed by atoms with E-state index in [1.807, 2.05) is 12.1 Å². The van der Waals surface area contributed by atoms with E-state index in [1.165, 1.54) is 15.9 Å². The lowest BCUT2D eigenvalue weighted by atomic mass is 9.95. The summed E-state index contributed by atoms with van der Waals surface area (Å²) in [6, 6.07) is 15.3. The molecule has 0 bridgehead atoms. The van der Waals surface area contributed by atoms with Crippen LogP contribution >= 0.6 is 34.5 Å². The molecule has 0 amide bonds. The van der Waals surface area contributed by atoms with E-state index in [0.717, 1.165) is 0 Å². The Bertz CT molecular complexity index is 1770. The van der Waals surface area contributed by atoms with Crippen molar-refractivity contribution in [3.05, 3.63) is 107 Å². The molecule has 1 atom stereocenters. The number of thiazole rings is 1. The fraction of sp³-hybridized carbons (Fsp3) is 0.179. The van der Waals surface area contributed by atoms with E-state index in [9.17, 15) is 9.59 Å². The molecule has 0 aliphatic carbocycles. The molecule has 0 N–H and O–H groups in total. The van der Waals surface area contributed by atoms with Gasteiger partial charge in [-0.05, 0) is 55.8 Å². The Hall–Kier alpha value is -3.59. The largest absolute Gasteiger partial charge is 0.497 e. The van der Waals surface area contributed by atoms with E-state index in [0.29, 0.717) is 59.0 Å². The van der Waals surface area contributed by atoms with Crippen LogP contribution in [-0.4, -0.2) is 24.3 Å². The Morgan fingerprint density at radius 3 is 2.74 bits per heavy atom. The lowest BCUT2D eigenvalue weighted by Gasteiger charge is -2.24. The zero-order chi connectivity index (χ0) is 27.0. The molecule has 194 valence electrons. The maximum atomic E-state index is 13.8. The zero-order valence-electron chi connectivity index (χ0n) is 20.7. The van der Waals surface area contributed by atoms with Crippen LogP contribution in [0.2, 0.25) is 10.0 Å². The molecule has 38 heavy (non-hydrogen) atoms. The van der Waals surface area contributed by atoms with Crippen molar-refractivity contribution in [3.63, 3.8) is 0 Å². The fourth-order valence-corrected chi connectivity index (χ4v) is 5.74. The number of rotatable bonds is 6. The molecule has 4 aromatic rings. The highest BCUT2D eigenvalue weighted by atomic mass is 35.5. The zero-order valence-corrected chi connectivity index (χ0v) is 23.0. The fourth-order valence-electron chi connectivity index (χ4n) is 4.32. The lowest BCUT2D eigenvalue weighted by Crippen LogP contribution is -2.39. The summed E-state index contributed by atoms with van der Waals surface area (Å²) in [4.78, 5) is 31.8. The summed E-state index contributed by atoms with van der Waals surface area (Å²) in [7, 11) is 1.56. The van der Waals surface area contributed by atoms with Crippen molar-refractivity contribution in [2.45, 2.75) is 19.9 Å². The number of hydrogen-bond acceptors (Lipinski definition) is 7. The molecule has 0 fully saturated rings. The standard InChI is InChI=1S/C28H22Cl2N2O5S/c1-4-36-27(34)23-15(2)31-28-32(25(23)16-7-5-8-17(13-16)35-3)26(33)22(38-28)14-18-11-12-21(37-18)19-9-6-10-20(29)24(19)30/h5-14,25H,4H2,1-3H3/b22-14-. The number of carbonyl (C=O) groups is 1. The van der Waals surface area contributed by atoms with Crippen LogP contribution in [0.3, 0.4) is 0 Å². The van der Waals surface area contributed by atoms with Crippen LogP contribution in [0.25, 0.3) is 17.4 Å². The van der Waals surface area contributed by atoms with Gasteiger partial charge in [0.05, 0.1) is 45.6 Å². The molecular weight excluding hydrogens is 547 g/mol. The summed E-state index contributed by atoms with van der Waals surface area (Å²) in [5.74, 6) is 1.06. The molecule has 2 aromatic carbocycles. The number of furan rings is 1. The number of esters is 1. The second-order valence-electron chi connectivity index (χ2n) is 8.38. The molecule has 7 nitrogen and oxygen atoms in total. The molecule has 0 radical (unpaired) electrons. The molecule has 1 aliphatic heterocycles. The molecule has 3 heterocycles. The van der Waals surface area contributed by atoms with E-state index in [2.05, 4.69) is 4.99 Å². The van der Waals surface area contributed by atoms with Crippen LogP contribution in [0.5, 0.6) is 5.75 Å². The number of benzene rings is 2. The van der Waals surface area contributed by atoms with E-state index < -0.39 is 12.0 Å². The highest BCUT2D eigenvalue weighted by Gasteiger charge is 2.33. The number of carbonyl (C=O) groups excluding carboxylic acids is 1. The van der Waals surface area contributed by atoms with E-state index in [4.69, 9.17) is 37.1 Å². The highest BCUT2D eigenvalue weighted by molar-refractivity contribution is 7.07. The molecule has 2 aromatic heterocycles. The second kappa shape index (κ2) is 10.6. The van der Waals surface area contributed by atoms with Crippen LogP contribution in [0.15, 0.2) is 80.1 Å². The second-order valence-corrected chi connectivity index (χ2v) is 10.2. The summed E-state index contributed by atoms with van der Waals surface area (Å²) in [6.07, 6.45) is 1.65. The third-order valence-corrected chi connectivity index (χ3v) is 7.85. The number of hydrogen-bond donors (Lipinski definition) is 0. The number of ether oxygens (including phenoxy) is 2. The number of fused-ring (bicyclic) bond motifs is 1. The number of methoxy groups -OCH3 is 1. The van der Waals surface area contributed by atoms with Crippen LogP contribution in [-0.2, 0) is 9.53 Å². The van der Waals surface area contributed by atoms with Crippen molar-refractivity contribution < 1.29 is 18.7 Å². The average molecular weight is 569 g/mol. The average Bonchev–Trinajstić information content (AvgIpc) is 3.49. The van der Waals surface area contributed by atoms with Gasteiger partial charge in [-0.2, -0.15) is 0 Å². The van der Waals surface area contributed by atoms with Crippen molar-refractivity contribution in [1.29, 1.82) is 0 Å². The number of halogens is 2. The Morgan fingerprint density at radius 1 is 1.18 bits per heavy atom. The van der Waals surface area contributed by atoms with Crippen molar-refractivity contribution in [3.8, 4) is 17.1 Å². The van der Waals surface area contributed by atoms with Gasteiger partial charge in [-0.1, -0.05) is 52.7 Å². The minimum Gasteiger partial charge on any atom is -0.497 e. The SMILES string of the molecule is CCOC(=O)C1=C(C)N=c2s/c(=C\c3ccc(-c4cccc(Cl)c4Cl)o3)c(=O)n2C1c1cccc(OC)c1. The predicted octanol–water partition coefficient (Wildman–Crippen LogP) is 5.37. The van der Waals surface area contributed by atoms with Crippen LogP contribution in [0, 0.1) is 0 Å². The van der Waals surface area contributed by atoms with Gasteiger partial charge in [-0.3, -0.25) is 9.36 Å². The summed E-state index contributed by atoms with van der Waals surface area (Å²) in [5.41, 5.74) is 1.82. The van der Waals surface area contributed by atoms with Crippen LogP contribution in [0.1, 0.15) is 31.2 Å². The van der Waals surface area contributed by atoms with Gasteiger partial charge >= 0.3 is 5.97 Å². The lowest BCUT2D eigenvalue weighted by molar-refractivity contribution is -0.139. The number of aromatic nitrogens is 1. The monoisotopic (exact) mass is 568 g/mol. The van der Waals surface area contributed by atoms with Gasteiger partial charge < -0.3 is 13.9 Å². The molecule has 1 aliphatic rings. The van der Waals surface area contributed by atoms with Gasteiger partial charge in [0, 0.05) is 11.6 Å². The smallest absolute Gasteiger partial charge is 0.338 e. The van der Waals surface area contributed by atoms with E-state index in [1.54, 1.807) is 69.5 Å². The van der Waals surface area contributed by atoms with Gasteiger partial charge in [-0.25, -0.2) is 9.79 Å². The van der Waals surface area contributed by atoms with Gasteiger partial charge in [-0.15, -0.1) is 0 Å². The van der Waals surface area contributed by atoms with Crippen molar-refractivity contribution >= 4 is 46.6 Å². The van der Waals surface area contributed by atoms with Crippen LogP contribution < -0.4 is 19.6 Å². The topological polar surface area (TPSA) is 83.0 Å². The summed E-state index contributed by atoms with van der Waals surface area (Å²) in [6.45, 7) is 3.67. The minimum absolute atomic E-state index is 0.197. The Labute approximate surface area is 231 Å². The maximum absolute atomic E-state index is 13.8. The first-order chi connectivity index (χ1) is 18.3. The minimum atomic E-state index is -0.736. The predicted molar refractivity (Wildman–Crippen MR) is 148 cm³/mol. The summed E-state index contributed by atoms with van der Waals surface area (Å²) < 4.78 is 18.6. The van der Waals surface area contributed by atoms with Gasteiger partial charge in [0.1, 0.15) is 17.3 Å². The molecule has 5 rings (SSSR count). The van der Waals surface area contributed by atoms with E-state index in [-0.39, 0.29) is 12.2 Å². The molecule has 0 spiro atoms. The number of allylic oxidation sites excluding steroid dienone is 1. The van der Waals surface area contributed by atoms with E-state index >= 15 is 0 Å². The van der Waals surface area contributed by atoms with Gasteiger partial charge in [0.25, 0.3) is 5.56 Å². The maximum Gasteiger partial charge on any atom is 0.338 e. The van der Waals surface area contributed by atoms with Crippen molar-refractivity contribution in [1.82, 2.24) is 4.57 Å². The summed E-state index contributed by atoms with van der Waals surface area (Å²) >= 11 is 13.7. The van der Waals surface area contributed by atoms with Gasteiger partial charge in [0.15, 0.2) is 4.80 Å². The Kier molecular flexibility index (Phi) is 7.29. The molecule has 0 saturated heterocycles. The molecule has 10 heteroatoms. The van der Waals surface area contributed by atoms with Gasteiger partial charge in [0.2, 0.25) is 0 Å². The molecule has 0 saturated carbocycles. The Morgan fingerprint density at radius 2 is 1.97 bits per heavy atom. The van der Waals surface area contributed by atoms with Crippen LogP contribution in [0.4, 0.5) is 0 Å². The Balaban J connectivity index is 1.65. The third kappa shape index (κ3) is 4.71. The highest BCUT2D eigenvalue weighted by Crippen LogP contribution is 2.35. The first-order valence-corrected chi connectivity index (χ1v) is 13.3. The van der Waals surface area contributed by atoms with Crippen molar-refractivity contribution in [2.24, 2.45) is 4.99 Å². The molecule has 1 unspecified atom stereocenters. The third-order valence-electron chi connectivity index (χ3n) is 6.04. The van der Waals surface area contributed by atoms with Crippen molar-refractivity contribution in [2.75, 3.05) is 13.7 Å². The number of nitrogens with zero attached hydrogens (tertiary/aromatic N) is 2. The quantitative estimate of drug-likeness (QED) is 0.292. The first kappa shape index (κ1) is 26.0. The normalized spacial score (nSPS) is 15.3. The molecular formula is C28H22Cl2N2O5S. The summed E-state index contributed by atoms with van der Waals surface area (Å²) in [5, 5.41) is 0.801. The first-order valence-electron chi connectivity index (χ1n) is 11.7.